The van der Waals surface area contributed by atoms with Crippen LogP contribution in [-0.4, -0.2) is 6.29 Å². The Hall–Kier alpha value is -2.74. The normalized spacial score (nSPS) is 9.85. The maximum atomic E-state index is 13.6. The molecule has 20 heavy (non-hydrogen) atoms. The van der Waals surface area contributed by atoms with Crippen LogP contribution in [-0.2, 0) is 6.61 Å². The van der Waals surface area contributed by atoms with Crippen molar-refractivity contribution in [1.82, 2.24) is 0 Å². The number of carbonyl (C=O) groups is 1. The van der Waals surface area contributed by atoms with Gasteiger partial charge in [0.25, 0.3) is 0 Å². The van der Waals surface area contributed by atoms with E-state index in [0.29, 0.717) is 17.4 Å². The molecule has 0 aliphatic rings. The topological polar surface area (TPSA) is 50.1 Å². The van der Waals surface area contributed by atoms with Gasteiger partial charge in [0.05, 0.1) is 11.6 Å². The lowest BCUT2D eigenvalue weighted by Crippen LogP contribution is -2.02. The molecule has 0 radical (unpaired) electrons. The van der Waals surface area contributed by atoms with Crippen molar-refractivity contribution >= 4 is 6.29 Å². The standard InChI is InChI=1S/C15H9F2NO2/c16-13-5-10(8-19)6-14(17)15(13)20-9-12-4-2-1-3-11(12)7-18/h1-6,8H,9H2. The molecule has 0 aliphatic carbocycles. The van der Waals surface area contributed by atoms with Gasteiger partial charge in [-0.05, 0) is 18.2 Å². The highest BCUT2D eigenvalue weighted by molar-refractivity contribution is 5.75. The minimum Gasteiger partial charge on any atom is -0.483 e. The van der Waals surface area contributed by atoms with E-state index in [4.69, 9.17) is 10.00 Å². The summed E-state index contributed by atoms with van der Waals surface area (Å²) in [6.07, 6.45) is 0.348. The van der Waals surface area contributed by atoms with Crippen molar-refractivity contribution < 1.29 is 18.3 Å². The molecular weight excluding hydrogens is 264 g/mol. The van der Waals surface area contributed by atoms with Crippen LogP contribution in [0.4, 0.5) is 8.78 Å². The third-order valence-corrected chi connectivity index (χ3v) is 2.67. The van der Waals surface area contributed by atoms with Crippen LogP contribution in [0.2, 0.25) is 0 Å². The third kappa shape index (κ3) is 2.81. The summed E-state index contributed by atoms with van der Waals surface area (Å²) in [7, 11) is 0. The average Bonchev–Trinajstić information content (AvgIpc) is 2.46. The first kappa shape index (κ1) is 13.7. The lowest BCUT2D eigenvalue weighted by molar-refractivity contribution is 0.112. The van der Waals surface area contributed by atoms with Crippen LogP contribution < -0.4 is 4.74 Å². The molecule has 5 heteroatoms. The monoisotopic (exact) mass is 273 g/mol. The Bertz CT molecular complexity index is 670. The molecule has 2 aromatic carbocycles. The van der Waals surface area contributed by atoms with Gasteiger partial charge in [-0.2, -0.15) is 5.26 Å². The summed E-state index contributed by atoms with van der Waals surface area (Å²) in [6.45, 7) is -0.141. The Labute approximate surface area is 114 Å². The fourth-order valence-corrected chi connectivity index (χ4v) is 1.69. The van der Waals surface area contributed by atoms with Gasteiger partial charge in [-0.15, -0.1) is 0 Å². The summed E-state index contributed by atoms with van der Waals surface area (Å²) >= 11 is 0. The number of hydrogen-bond acceptors (Lipinski definition) is 3. The lowest BCUT2D eigenvalue weighted by Gasteiger charge is -2.09. The quantitative estimate of drug-likeness (QED) is 0.803. The fourth-order valence-electron chi connectivity index (χ4n) is 1.69. The summed E-state index contributed by atoms with van der Waals surface area (Å²) < 4.78 is 32.3. The van der Waals surface area contributed by atoms with E-state index in [1.807, 2.05) is 6.07 Å². The van der Waals surface area contributed by atoms with Crippen molar-refractivity contribution in [3.8, 4) is 11.8 Å². The van der Waals surface area contributed by atoms with Gasteiger partial charge in [0.15, 0.2) is 17.4 Å². The maximum Gasteiger partial charge on any atom is 0.191 e. The molecule has 0 N–H and O–H groups in total. The molecule has 0 saturated heterocycles. The smallest absolute Gasteiger partial charge is 0.191 e. The Morgan fingerprint density at radius 1 is 1.20 bits per heavy atom. The molecule has 100 valence electrons. The van der Waals surface area contributed by atoms with Crippen molar-refractivity contribution in [2.45, 2.75) is 6.61 Å². The number of hydrogen-bond donors (Lipinski definition) is 0. The van der Waals surface area contributed by atoms with E-state index in [9.17, 15) is 13.6 Å². The SMILES string of the molecule is N#Cc1ccccc1COc1c(F)cc(C=O)cc1F. The predicted molar refractivity (Wildman–Crippen MR) is 67.2 cm³/mol. The van der Waals surface area contributed by atoms with Crippen LogP contribution in [0.15, 0.2) is 36.4 Å². The zero-order chi connectivity index (χ0) is 14.5. The minimum atomic E-state index is -0.957. The highest BCUT2D eigenvalue weighted by Gasteiger charge is 2.13. The van der Waals surface area contributed by atoms with Gasteiger partial charge in [-0.25, -0.2) is 8.78 Å². The van der Waals surface area contributed by atoms with Crippen LogP contribution in [0.1, 0.15) is 21.5 Å². The summed E-state index contributed by atoms with van der Waals surface area (Å²) in [5.41, 5.74) is 0.788. The van der Waals surface area contributed by atoms with E-state index in [2.05, 4.69) is 0 Å². The van der Waals surface area contributed by atoms with E-state index in [0.717, 1.165) is 12.1 Å². The fraction of sp³-hybridized carbons (Fsp3) is 0.0667. The van der Waals surface area contributed by atoms with Crippen molar-refractivity contribution in [3.05, 3.63) is 64.7 Å². The maximum absolute atomic E-state index is 13.6. The van der Waals surface area contributed by atoms with Gasteiger partial charge in [-0.3, -0.25) is 4.79 Å². The number of nitrogens with zero attached hydrogens (tertiary/aromatic N) is 1. The van der Waals surface area contributed by atoms with E-state index in [1.54, 1.807) is 24.3 Å². The highest BCUT2D eigenvalue weighted by atomic mass is 19.1. The van der Waals surface area contributed by atoms with Gasteiger partial charge < -0.3 is 4.74 Å². The summed E-state index contributed by atoms with van der Waals surface area (Å²) in [5, 5.41) is 8.90. The van der Waals surface area contributed by atoms with Crippen LogP contribution >= 0.6 is 0 Å². The predicted octanol–water partition coefficient (Wildman–Crippen LogP) is 3.23. The van der Waals surface area contributed by atoms with Crippen molar-refractivity contribution in [2.75, 3.05) is 0 Å². The molecule has 0 unspecified atom stereocenters. The summed E-state index contributed by atoms with van der Waals surface area (Å²) in [5.74, 6) is -2.48. The average molecular weight is 273 g/mol. The highest BCUT2D eigenvalue weighted by Crippen LogP contribution is 2.24. The summed E-state index contributed by atoms with van der Waals surface area (Å²) in [4.78, 5) is 10.5. The molecule has 0 fully saturated rings. The molecule has 0 amide bonds. The first-order valence-corrected chi connectivity index (χ1v) is 5.70. The number of nitriles is 1. The molecule has 2 rings (SSSR count). The number of rotatable bonds is 4. The zero-order valence-electron chi connectivity index (χ0n) is 10.3. The first-order valence-electron chi connectivity index (χ1n) is 5.70. The second kappa shape index (κ2) is 5.93. The first-order chi connectivity index (χ1) is 9.65. The van der Waals surface area contributed by atoms with E-state index < -0.39 is 17.4 Å². The molecule has 0 aliphatic heterocycles. The lowest BCUT2D eigenvalue weighted by atomic mass is 10.1. The van der Waals surface area contributed by atoms with Gasteiger partial charge in [0, 0.05) is 11.1 Å². The van der Waals surface area contributed by atoms with Gasteiger partial charge in [0.2, 0.25) is 0 Å². The van der Waals surface area contributed by atoms with Crippen LogP contribution in [0, 0.1) is 23.0 Å². The van der Waals surface area contributed by atoms with Crippen molar-refractivity contribution in [1.29, 1.82) is 5.26 Å². The van der Waals surface area contributed by atoms with E-state index in [1.165, 1.54) is 0 Å². The second-order valence-electron chi connectivity index (χ2n) is 3.99. The molecular formula is C15H9F2NO2. The Balaban J connectivity index is 2.24. The van der Waals surface area contributed by atoms with E-state index >= 15 is 0 Å². The molecule has 3 nitrogen and oxygen atoms in total. The Kier molecular flexibility index (Phi) is 4.06. The Morgan fingerprint density at radius 3 is 2.45 bits per heavy atom. The van der Waals surface area contributed by atoms with Crippen molar-refractivity contribution in [2.24, 2.45) is 0 Å². The molecule has 0 aromatic heterocycles. The molecule has 0 saturated carbocycles. The molecule has 0 spiro atoms. The molecule has 2 aromatic rings. The molecule has 0 bridgehead atoms. The number of aldehydes is 1. The second-order valence-corrected chi connectivity index (χ2v) is 3.99. The van der Waals surface area contributed by atoms with Gasteiger partial charge in [-0.1, -0.05) is 18.2 Å². The minimum absolute atomic E-state index is 0.107. The number of halogens is 2. The van der Waals surface area contributed by atoms with Crippen molar-refractivity contribution in [3.63, 3.8) is 0 Å². The largest absolute Gasteiger partial charge is 0.483 e. The number of benzene rings is 2. The molecule has 0 heterocycles. The number of ether oxygens (including phenoxy) is 1. The summed E-state index contributed by atoms with van der Waals surface area (Å²) in [6, 6.07) is 10.3. The Morgan fingerprint density at radius 2 is 1.85 bits per heavy atom. The van der Waals surface area contributed by atoms with E-state index in [-0.39, 0.29) is 12.2 Å². The van der Waals surface area contributed by atoms with Crippen LogP contribution in [0.3, 0.4) is 0 Å². The zero-order valence-corrected chi connectivity index (χ0v) is 10.3. The molecule has 0 atom stereocenters. The van der Waals surface area contributed by atoms with Crippen LogP contribution in [0.5, 0.6) is 5.75 Å². The third-order valence-electron chi connectivity index (χ3n) is 2.67. The van der Waals surface area contributed by atoms with Crippen LogP contribution in [0.25, 0.3) is 0 Å². The van der Waals surface area contributed by atoms with Gasteiger partial charge >= 0.3 is 0 Å². The van der Waals surface area contributed by atoms with Gasteiger partial charge in [0.1, 0.15) is 12.9 Å². The number of carbonyl (C=O) groups excluding carboxylic acids is 1.